The average Bonchev–Trinajstić information content (AvgIpc) is 2.25. The molecular formula is C14H30N2O2. The van der Waals surface area contributed by atoms with Crippen LogP contribution in [0.2, 0.25) is 0 Å². The van der Waals surface area contributed by atoms with Crippen LogP contribution in [0.1, 0.15) is 53.4 Å². The van der Waals surface area contributed by atoms with Crippen molar-refractivity contribution in [2.45, 2.75) is 59.0 Å². The maximum Gasteiger partial charge on any atom is 0.410 e. The van der Waals surface area contributed by atoms with Crippen LogP contribution in [0.5, 0.6) is 0 Å². The highest BCUT2D eigenvalue weighted by molar-refractivity contribution is 5.68. The normalized spacial score (nSPS) is 11.4. The molecule has 1 N–H and O–H groups in total. The molecule has 0 rings (SSSR count). The van der Waals surface area contributed by atoms with E-state index < -0.39 is 5.60 Å². The van der Waals surface area contributed by atoms with E-state index in [4.69, 9.17) is 4.74 Å². The molecule has 0 aliphatic rings. The van der Waals surface area contributed by atoms with Gasteiger partial charge in [0, 0.05) is 13.1 Å². The molecule has 4 nitrogen and oxygen atoms in total. The topological polar surface area (TPSA) is 41.6 Å². The molecular weight excluding hydrogens is 228 g/mol. The van der Waals surface area contributed by atoms with Gasteiger partial charge in [-0.1, -0.05) is 19.8 Å². The van der Waals surface area contributed by atoms with Gasteiger partial charge in [0.05, 0.1) is 0 Å². The van der Waals surface area contributed by atoms with Gasteiger partial charge >= 0.3 is 6.09 Å². The summed E-state index contributed by atoms with van der Waals surface area (Å²) in [5.74, 6) is 0. The van der Waals surface area contributed by atoms with Gasteiger partial charge in [-0.15, -0.1) is 0 Å². The quantitative estimate of drug-likeness (QED) is 0.680. The first-order chi connectivity index (χ1) is 8.40. The van der Waals surface area contributed by atoms with Crippen molar-refractivity contribution in [1.82, 2.24) is 10.2 Å². The molecule has 0 fully saturated rings. The Balaban J connectivity index is 4.20. The van der Waals surface area contributed by atoms with Crippen LogP contribution in [0.15, 0.2) is 0 Å². The predicted octanol–water partition coefficient (Wildman–Crippen LogP) is 3.02. The summed E-state index contributed by atoms with van der Waals surface area (Å²) in [5, 5.41) is 3.10. The van der Waals surface area contributed by atoms with Crippen molar-refractivity contribution in [3.05, 3.63) is 0 Å². The first-order valence-corrected chi connectivity index (χ1v) is 7.03. The third kappa shape index (κ3) is 9.28. The minimum Gasteiger partial charge on any atom is -0.444 e. The average molecular weight is 258 g/mol. The smallest absolute Gasteiger partial charge is 0.410 e. The first kappa shape index (κ1) is 17.2. The van der Waals surface area contributed by atoms with Gasteiger partial charge in [0.2, 0.25) is 0 Å². The summed E-state index contributed by atoms with van der Waals surface area (Å²) < 4.78 is 5.43. The largest absolute Gasteiger partial charge is 0.444 e. The highest BCUT2D eigenvalue weighted by atomic mass is 16.6. The molecule has 18 heavy (non-hydrogen) atoms. The van der Waals surface area contributed by atoms with Gasteiger partial charge in [-0.05, 0) is 47.2 Å². The summed E-state index contributed by atoms with van der Waals surface area (Å²) in [6.07, 6.45) is 4.15. The van der Waals surface area contributed by atoms with E-state index in [2.05, 4.69) is 12.2 Å². The number of nitrogens with zero attached hydrogens (tertiary/aromatic N) is 1. The third-order valence-electron chi connectivity index (χ3n) is 2.54. The van der Waals surface area contributed by atoms with Gasteiger partial charge in [-0.25, -0.2) is 4.79 Å². The molecule has 0 aliphatic heterocycles. The van der Waals surface area contributed by atoms with E-state index in [-0.39, 0.29) is 6.09 Å². The molecule has 108 valence electrons. The summed E-state index contributed by atoms with van der Waals surface area (Å²) >= 11 is 0. The summed E-state index contributed by atoms with van der Waals surface area (Å²) in [6, 6.07) is 0. The number of hydrogen-bond donors (Lipinski definition) is 1. The second-order valence-electron chi connectivity index (χ2n) is 5.63. The molecule has 0 saturated carbocycles. The molecule has 0 bridgehead atoms. The molecule has 0 saturated heterocycles. The van der Waals surface area contributed by atoms with Crippen molar-refractivity contribution < 1.29 is 9.53 Å². The van der Waals surface area contributed by atoms with E-state index in [0.29, 0.717) is 0 Å². The van der Waals surface area contributed by atoms with Gasteiger partial charge in [0.25, 0.3) is 0 Å². The van der Waals surface area contributed by atoms with Crippen LogP contribution in [0.3, 0.4) is 0 Å². The fourth-order valence-corrected chi connectivity index (χ4v) is 1.62. The number of hydrogen-bond acceptors (Lipinski definition) is 3. The zero-order valence-electron chi connectivity index (χ0n) is 12.7. The fraction of sp³-hybridized carbons (Fsp3) is 0.929. The Morgan fingerprint density at radius 3 is 2.28 bits per heavy atom. The molecule has 0 spiro atoms. The first-order valence-electron chi connectivity index (χ1n) is 7.03. The minimum atomic E-state index is -0.414. The zero-order chi connectivity index (χ0) is 14.0. The molecule has 0 aromatic carbocycles. The van der Waals surface area contributed by atoms with E-state index in [1.54, 1.807) is 0 Å². The van der Waals surface area contributed by atoms with E-state index in [1.165, 1.54) is 6.42 Å². The van der Waals surface area contributed by atoms with Crippen LogP contribution in [0.4, 0.5) is 4.79 Å². The molecule has 0 aliphatic carbocycles. The van der Waals surface area contributed by atoms with Crippen LogP contribution in [0, 0.1) is 0 Å². The molecule has 0 radical (unpaired) electrons. The second-order valence-corrected chi connectivity index (χ2v) is 5.63. The highest BCUT2D eigenvalue weighted by Crippen LogP contribution is 2.11. The van der Waals surface area contributed by atoms with Crippen molar-refractivity contribution in [2.24, 2.45) is 0 Å². The number of carbonyl (C=O) groups is 1. The second kappa shape index (κ2) is 9.20. The number of ether oxygens (including phenoxy) is 1. The summed E-state index contributed by atoms with van der Waals surface area (Å²) in [4.78, 5) is 13.9. The van der Waals surface area contributed by atoms with Gasteiger partial charge in [-0.2, -0.15) is 0 Å². The minimum absolute atomic E-state index is 0.185. The SMILES string of the molecule is CCCCCN(CCCNC)C(=O)OC(C)(C)C. The lowest BCUT2D eigenvalue weighted by molar-refractivity contribution is 0.0245. The number of carbonyl (C=O) groups excluding carboxylic acids is 1. The summed E-state index contributed by atoms with van der Waals surface area (Å²) in [6.45, 7) is 10.4. The lowest BCUT2D eigenvalue weighted by atomic mass is 10.2. The van der Waals surface area contributed by atoms with Crippen LogP contribution in [-0.4, -0.2) is 43.3 Å². The summed E-state index contributed by atoms with van der Waals surface area (Å²) in [5.41, 5.74) is -0.414. The highest BCUT2D eigenvalue weighted by Gasteiger charge is 2.21. The standard InChI is InChI=1S/C14H30N2O2/c1-6-7-8-11-16(12-9-10-15-5)13(17)18-14(2,3)4/h15H,6-12H2,1-5H3. The van der Waals surface area contributed by atoms with Crippen molar-refractivity contribution in [2.75, 3.05) is 26.7 Å². The summed E-state index contributed by atoms with van der Waals surface area (Å²) in [7, 11) is 1.93. The molecule has 0 aromatic rings. The number of unbranched alkanes of at least 4 members (excludes halogenated alkanes) is 2. The molecule has 0 heterocycles. The Morgan fingerprint density at radius 2 is 1.78 bits per heavy atom. The predicted molar refractivity (Wildman–Crippen MR) is 75.9 cm³/mol. The van der Waals surface area contributed by atoms with Crippen molar-refractivity contribution >= 4 is 6.09 Å². The molecule has 0 unspecified atom stereocenters. The third-order valence-corrected chi connectivity index (χ3v) is 2.54. The monoisotopic (exact) mass is 258 g/mol. The lowest BCUT2D eigenvalue weighted by Gasteiger charge is -2.27. The van der Waals surface area contributed by atoms with Gasteiger partial charge in [0.1, 0.15) is 5.60 Å². The van der Waals surface area contributed by atoms with E-state index in [1.807, 2.05) is 32.7 Å². The van der Waals surface area contributed by atoms with Crippen molar-refractivity contribution in [1.29, 1.82) is 0 Å². The van der Waals surface area contributed by atoms with E-state index in [9.17, 15) is 4.79 Å². The Hall–Kier alpha value is -0.770. The van der Waals surface area contributed by atoms with Crippen LogP contribution < -0.4 is 5.32 Å². The molecule has 4 heteroatoms. The van der Waals surface area contributed by atoms with Crippen LogP contribution >= 0.6 is 0 Å². The molecule has 1 amide bonds. The van der Waals surface area contributed by atoms with Gasteiger partial charge in [0.15, 0.2) is 0 Å². The number of nitrogens with one attached hydrogen (secondary N) is 1. The fourth-order valence-electron chi connectivity index (χ4n) is 1.62. The number of amides is 1. The Labute approximate surface area is 112 Å². The van der Waals surface area contributed by atoms with E-state index in [0.717, 1.165) is 38.9 Å². The lowest BCUT2D eigenvalue weighted by Crippen LogP contribution is -2.38. The molecule has 0 atom stereocenters. The van der Waals surface area contributed by atoms with Crippen LogP contribution in [0.25, 0.3) is 0 Å². The molecule has 0 aromatic heterocycles. The Morgan fingerprint density at radius 1 is 1.17 bits per heavy atom. The van der Waals surface area contributed by atoms with Gasteiger partial charge in [-0.3, -0.25) is 0 Å². The maximum atomic E-state index is 12.0. The van der Waals surface area contributed by atoms with Crippen LogP contribution in [-0.2, 0) is 4.74 Å². The number of rotatable bonds is 8. The zero-order valence-corrected chi connectivity index (χ0v) is 12.7. The Kier molecular flexibility index (Phi) is 8.81. The maximum absolute atomic E-state index is 12.0. The van der Waals surface area contributed by atoms with Crippen molar-refractivity contribution in [3.63, 3.8) is 0 Å². The Bertz CT molecular complexity index is 214. The van der Waals surface area contributed by atoms with Crippen molar-refractivity contribution in [3.8, 4) is 0 Å². The van der Waals surface area contributed by atoms with E-state index >= 15 is 0 Å². The van der Waals surface area contributed by atoms with Gasteiger partial charge < -0.3 is 15.0 Å².